The summed E-state index contributed by atoms with van der Waals surface area (Å²) in [5.41, 5.74) is 8.70. The number of amides is 1. The van der Waals surface area contributed by atoms with Crippen LogP contribution < -0.4 is 15.8 Å². The lowest BCUT2D eigenvalue weighted by molar-refractivity contribution is -0.151. The zero-order valence-corrected chi connectivity index (χ0v) is 25.1. The van der Waals surface area contributed by atoms with Crippen LogP contribution in [0.3, 0.4) is 0 Å². The molecule has 7 nitrogen and oxygen atoms in total. The number of ether oxygens (including phenoxy) is 1. The van der Waals surface area contributed by atoms with Gasteiger partial charge in [-0.3, -0.25) is 14.4 Å². The Hall–Kier alpha value is -3.97. The molecule has 3 aromatic rings. The van der Waals surface area contributed by atoms with E-state index >= 15 is 0 Å². The van der Waals surface area contributed by atoms with Crippen LogP contribution in [0.4, 0.5) is 11.4 Å². The van der Waals surface area contributed by atoms with Crippen LogP contribution in [0, 0.1) is 17.3 Å². The number of hydrogen-bond acceptors (Lipinski definition) is 6. The first-order valence-electron chi connectivity index (χ1n) is 15.5. The molecule has 6 rings (SSSR count). The van der Waals surface area contributed by atoms with E-state index in [-0.39, 0.29) is 35.4 Å². The van der Waals surface area contributed by atoms with Gasteiger partial charge in [-0.25, -0.2) is 5.43 Å². The number of hydrazine groups is 1. The van der Waals surface area contributed by atoms with Gasteiger partial charge >= 0.3 is 5.97 Å². The fraction of sp³-hybridized carbons (Fsp3) is 0.417. The predicted octanol–water partition coefficient (Wildman–Crippen LogP) is 5.63. The van der Waals surface area contributed by atoms with Gasteiger partial charge in [0, 0.05) is 18.2 Å². The molecular weight excluding hydrogens is 538 g/mol. The molecule has 3 atom stereocenters. The van der Waals surface area contributed by atoms with E-state index in [0.717, 1.165) is 59.3 Å². The highest BCUT2D eigenvalue weighted by atomic mass is 16.5. The molecule has 1 saturated carbocycles. The largest absolute Gasteiger partial charge is 0.469 e. The van der Waals surface area contributed by atoms with Gasteiger partial charge in [0.1, 0.15) is 0 Å². The molecule has 0 bridgehead atoms. The minimum atomic E-state index is -0.619. The molecule has 2 fully saturated rings. The van der Waals surface area contributed by atoms with E-state index in [9.17, 15) is 14.4 Å². The number of carbonyl (C=O) groups excluding carboxylic acids is 3. The van der Waals surface area contributed by atoms with Crippen LogP contribution in [0.25, 0.3) is 0 Å². The number of nitrogens with one attached hydrogen (secondary N) is 2. The third-order valence-electron chi connectivity index (χ3n) is 9.70. The van der Waals surface area contributed by atoms with E-state index in [4.69, 9.17) is 4.74 Å². The van der Waals surface area contributed by atoms with Crippen LogP contribution in [0.1, 0.15) is 60.8 Å². The second-order valence-corrected chi connectivity index (χ2v) is 12.8. The maximum absolute atomic E-state index is 14.0. The third-order valence-corrected chi connectivity index (χ3v) is 9.70. The lowest BCUT2D eigenvalue weighted by Gasteiger charge is -2.34. The SMILES string of the molecule is COC(=O)C1(C)Cc2cccc(NC(=O)C(c3ccc(CC4CN(c5ccccc5)NCC4=O)cc3)C3CCCC3)c2C1. The Morgan fingerprint density at radius 3 is 2.47 bits per heavy atom. The topological polar surface area (TPSA) is 87.7 Å². The van der Waals surface area contributed by atoms with Crippen LogP contribution in [0.5, 0.6) is 0 Å². The molecule has 2 aliphatic carbocycles. The van der Waals surface area contributed by atoms with Crippen molar-refractivity contribution in [2.24, 2.45) is 17.3 Å². The van der Waals surface area contributed by atoms with Gasteiger partial charge in [0.05, 0.1) is 30.7 Å². The number of ketones is 1. The van der Waals surface area contributed by atoms with Gasteiger partial charge in [0.15, 0.2) is 5.78 Å². The van der Waals surface area contributed by atoms with E-state index in [1.54, 1.807) is 0 Å². The number of fused-ring (bicyclic) bond motifs is 1. The third kappa shape index (κ3) is 6.09. The van der Waals surface area contributed by atoms with E-state index in [1.807, 2.05) is 55.5 Å². The summed E-state index contributed by atoms with van der Waals surface area (Å²) in [7, 11) is 1.43. The summed E-state index contributed by atoms with van der Waals surface area (Å²) in [5, 5.41) is 5.34. The van der Waals surface area contributed by atoms with Crippen LogP contribution in [-0.4, -0.2) is 37.9 Å². The van der Waals surface area contributed by atoms with Crippen LogP contribution in [-0.2, 0) is 38.4 Å². The van der Waals surface area contributed by atoms with Crippen molar-refractivity contribution in [2.75, 3.05) is 30.5 Å². The highest BCUT2D eigenvalue weighted by Gasteiger charge is 2.42. The number of para-hydroxylation sites is 1. The lowest BCUT2D eigenvalue weighted by atomic mass is 9.83. The zero-order chi connectivity index (χ0) is 30.0. The zero-order valence-electron chi connectivity index (χ0n) is 25.1. The lowest BCUT2D eigenvalue weighted by Crippen LogP contribution is -2.52. The van der Waals surface area contributed by atoms with E-state index in [2.05, 4.69) is 40.0 Å². The molecule has 2 N–H and O–H groups in total. The molecule has 1 saturated heterocycles. The maximum Gasteiger partial charge on any atom is 0.312 e. The summed E-state index contributed by atoms with van der Waals surface area (Å²) in [4.78, 5) is 39.3. The normalized spacial score (nSPS) is 22.7. The summed E-state index contributed by atoms with van der Waals surface area (Å²) in [6, 6.07) is 24.4. The Kier molecular flexibility index (Phi) is 8.35. The molecule has 0 radical (unpaired) electrons. The summed E-state index contributed by atoms with van der Waals surface area (Å²) in [5.74, 6) is -0.0610. The monoisotopic (exact) mass is 579 g/mol. The second kappa shape index (κ2) is 12.3. The number of benzene rings is 3. The number of hydrogen-bond donors (Lipinski definition) is 2. The Morgan fingerprint density at radius 2 is 1.74 bits per heavy atom. The Bertz CT molecular complexity index is 1480. The molecule has 7 heteroatoms. The van der Waals surface area contributed by atoms with E-state index in [1.165, 1.54) is 7.11 Å². The molecule has 1 heterocycles. The van der Waals surface area contributed by atoms with Gasteiger partial charge in [-0.05, 0) is 85.4 Å². The molecule has 3 aliphatic rings. The Labute approximate surface area is 254 Å². The number of Topliss-reactive ketones (excluding diaryl/α,β-unsaturated/α-hetero) is 1. The molecule has 1 aliphatic heterocycles. The number of esters is 1. The minimum absolute atomic E-state index is 0.00626. The second-order valence-electron chi connectivity index (χ2n) is 12.8. The average molecular weight is 580 g/mol. The van der Waals surface area contributed by atoms with Crippen molar-refractivity contribution in [3.63, 3.8) is 0 Å². The first kappa shape index (κ1) is 29.1. The van der Waals surface area contributed by atoms with Crippen molar-refractivity contribution >= 4 is 29.0 Å². The molecule has 3 aromatic carbocycles. The first-order chi connectivity index (χ1) is 20.8. The summed E-state index contributed by atoms with van der Waals surface area (Å²) in [6.45, 7) is 2.88. The summed E-state index contributed by atoms with van der Waals surface area (Å²) in [6.07, 6.45) is 6.17. The van der Waals surface area contributed by atoms with Crippen molar-refractivity contribution in [2.45, 2.75) is 57.8 Å². The maximum atomic E-state index is 14.0. The smallest absolute Gasteiger partial charge is 0.312 e. The van der Waals surface area contributed by atoms with E-state index in [0.29, 0.717) is 32.4 Å². The molecule has 224 valence electrons. The molecule has 0 spiro atoms. The molecular formula is C36H41N3O4. The van der Waals surface area contributed by atoms with Gasteiger partial charge in [-0.2, -0.15) is 0 Å². The van der Waals surface area contributed by atoms with Crippen LogP contribution >= 0.6 is 0 Å². The average Bonchev–Trinajstić information content (AvgIpc) is 3.68. The molecule has 43 heavy (non-hydrogen) atoms. The quantitative estimate of drug-likeness (QED) is 0.337. The Balaban J connectivity index is 1.18. The van der Waals surface area contributed by atoms with Crippen LogP contribution in [0.2, 0.25) is 0 Å². The number of carbonyl (C=O) groups is 3. The van der Waals surface area contributed by atoms with Gasteiger partial charge in [0.2, 0.25) is 5.91 Å². The highest BCUT2D eigenvalue weighted by molar-refractivity contribution is 5.97. The summed E-state index contributed by atoms with van der Waals surface area (Å²) < 4.78 is 5.09. The predicted molar refractivity (Wildman–Crippen MR) is 168 cm³/mol. The number of methoxy groups -OCH3 is 1. The van der Waals surface area contributed by atoms with Gasteiger partial charge in [0.25, 0.3) is 0 Å². The fourth-order valence-corrected chi connectivity index (χ4v) is 7.36. The first-order valence-corrected chi connectivity index (χ1v) is 15.5. The van der Waals surface area contributed by atoms with Gasteiger partial charge < -0.3 is 15.1 Å². The van der Waals surface area contributed by atoms with Crippen molar-refractivity contribution in [3.8, 4) is 0 Å². The molecule has 1 amide bonds. The van der Waals surface area contributed by atoms with E-state index < -0.39 is 5.41 Å². The standard InChI is InChI=1S/C36H41N3O4/c1-36(35(42)43-2)20-27-11-8-14-31(30(27)21-36)38-34(41)33(25-9-6-7-10-25)26-17-15-24(16-18-26)19-28-23-39(37-22-32(28)40)29-12-4-3-5-13-29/h3-5,8,11-18,25,28,33,37H,6-7,9-10,19-23H2,1-2H3,(H,38,41). The fourth-order valence-electron chi connectivity index (χ4n) is 7.36. The molecule has 0 aromatic heterocycles. The summed E-state index contributed by atoms with van der Waals surface area (Å²) >= 11 is 0. The highest BCUT2D eigenvalue weighted by Crippen LogP contribution is 2.42. The molecule has 3 unspecified atom stereocenters. The number of nitrogens with zero attached hydrogens (tertiary/aromatic N) is 1. The van der Waals surface area contributed by atoms with Crippen molar-refractivity contribution in [3.05, 3.63) is 95.1 Å². The number of anilines is 2. The van der Waals surface area contributed by atoms with Gasteiger partial charge in [-0.15, -0.1) is 0 Å². The minimum Gasteiger partial charge on any atom is -0.469 e. The number of rotatable bonds is 8. The van der Waals surface area contributed by atoms with Crippen molar-refractivity contribution in [1.29, 1.82) is 0 Å². The Morgan fingerprint density at radius 1 is 1.00 bits per heavy atom. The van der Waals surface area contributed by atoms with Crippen molar-refractivity contribution < 1.29 is 19.1 Å². The van der Waals surface area contributed by atoms with Gasteiger partial charge in [-0.1, -0.05) is 67.4 Å². The van der Waals surface area contributed by atoms with Crippen LogP contribution in [0.15, 0.2) is 72.8 Å². The van der Waals surface area contributed by atoms with Crippen molar-refractivity contribution in [1.82, 2.24) is 5.43 Å².